The zero-order chi connectivity index (χ0) is 11.5. The van der Waals surface area contributed by atoms with Crippen molar-refractivity contribution in [2.75, 3.05) is 11.9 Å². The molecule has 1 aromatic rings. The molecule has 1 fully saturated rings. The number of hydrogen-bond acceptors (Lipinski definition) is 4. The number of hydrogen-bond donors (Lipinski definition) is 2. The lowest BCUT2D eigenvalue weighted by Gasteiger charge is -2.20. The maximum atomic E-state index is 11.7. The van der Waals surface area contributed by atoms with Gasteiger partial charge in [0.25, 0.3) is 0 Å². The second-order valence-corrected chi connectivity index (χ2v) is 4.35. The summed E-state index contributed by atoms with van der Waals surface area (Å²) >= 11 is 1.30. The van der Waals surface area contributed by atoms with Crippen LogP contribution in [-0.2, 0) is 4.79 Å². The largest absolute Gasteiger partial charge is 0.480 e. The van der Waals surface area contributed by atoms with Crippen molar-refractivity contribution in [1.82, 2.24) is 9.88 Å². The first kappa shape index (κ1) is 10.9. The van der Waals surface area contributed by atoms with Crippen LogP contribution in [0, 0.1) is 0 Å². The third kappa shape index (κ3) is 2.13. The topological polar surface area (TPSA) is 82.5 Å². The highest BCUT2D eigenvalue weighted by atomic mass is 32.1. The molecule has 2 amide bonds. The molecule has 6 nitrogen and oxygen atoms in total. The van der Waals surface area contributed by atoms with Crippen LogP contribution < -0.4 is 5.32 Å². The fourth-order valence-electron chi connectivity index (χ4n) is 1.71. The number of carboxylic acid groups (broad SMARTS) is 1. The van der Waals surface area contributed by atoms with Gasteiger partial charge in [-0.1, -0.05) is 0 Å². The number of anilines is 1. The SMILES string of the molecule is O=C(O)[C@@H]1CCCN1C(=O)Nc1nccs1. The maximum Gasteiger partial charge on any atom is 0.326 e. The van der Waals surface area contributed by atoms with Crippen LogP contribution in [0.15, 0.2) is 11.6 Å². The molecular weight excluding hydrogens is 230 g/mol. The number of nitrogens with one attached hydrogen (secondary N) is 1. The Labute approximate surface area is 95.9 Å². The van der Waals surface area contributed by atoms with Crippen molar-refractivity contribution >= 4 is 28.5 Å². The second kappa shape index (κ2) is 4.48. The van der Waals surface area contributed by atoms with Crippen molar-refractivity contribution in [3.05, 3.63) is 11.6 Å². The number of nitrogens with zero attached hydrogens (tertiary/aromatic N) is 2. The predicted octanol–water partition coefficient (Wildman–Crippen LogP) is 1.22. The average Bonchev–Trinajstić information content (AvgIpc) is 2.86. The Kier molecular flexibility index (Phi) is 3.04. The van der Waals surface area contributed by atoms with Crippen LogP contribution in [0.25, 0.3) is 0 Å². The minimum Gasteiger partial charge on any atom is -0.480 e. The number of amides is 2. The Balaban J connectivity index is 2.01. The van der Waals surface area contributed by atoms with Crippen LogP contribution in [0.4, 0.5) is 9.93 Å². The van der Waals surface area contributed by atoms with E-state index in [9.17, 15) is 9.59 Å². The molecule has 2 heterocycles. The average molecular weight is 241 g/mol. The molecule has 0 radical (unpaired) electrons. The van der Waals surface area contributed by atoms with Crippen molar-refractivity contribution in [1.29, 1.82) is 0 Å². The zero-order valence-electron chi connectivity index (χ0n) is 8.42. The lowest BCUT2D eigenvalue weighted by atomic mass is 10.2. The summed E-state index contributed by atoms with van der Waals surface area (Å²) in [6.07, 6.45) is 2.82. The lowest BCUT2D eigenvalue weighted by Crippen LogP contribution is -2.42. The van der Waals surface area contributed by atoms with Crippen molar-refractivity contribution in [2.24, 2.45) is 0 Å². The molecule has 1 aromatic heterocycles. The molecular formula is C9H11N3O3S. The Morgan fingerprint density at radius 3 is 3.06 bits per heavy atom. The summed E-state index contributed by atoms with van der Waals surface area (Å²) in [6.45, 7) is 0.480. The van der Waals surface area contributed by atoms with Crippen molar-refractivity contribution < 1.29 is 14.7 Å². The summed E-state index contributed by atoms with van der Waals surface area (Å²) in [5, 5.41) is 13.7. The molecule has 0 bridgehead atoms. The monoisotopic (exact) mass is 241 g/mol. The molecule has 1 aliphatic heterocycles. The predicted molar refractivity (Wildman–Crippen MR) is 58.5 cm³/mol. The number of thiazole rings is 1. The van der Waals surface area contributed by atoms with Crippen LogP contribution in [-0.4, -0.2) is 39.6 Å². The molecule has 0 aliphatic carbocycles. The second-order valence-electron chi connectivity index (χ2n) is 3.46. The van der Waals surface area contributed by atoms with Crippen molar-refractivity contribution in [3.8, 4) is 0 Å². The Hall–Kier alpha value is -1.63. The molecule has 1 aliphatic rings. The van der Waals surface area contributed by atoms with Gasteiger partial charge in [0.2, 0.25) is 0 Å². The summed E-state index contributed by atoms with van der Waals surface area (Å²) in [5.74, 6) is -0.952. The zero-order valence-corrected chi connectivity index (χ0v) is 9.24. The van der Waals surface area contributed by atoms with E-state index >= 15 is 0 Å². The highest BCUT2D eigenvalue weighted by Gasteiger charge is 2.34. The number of aliphatic carboxylic acids is 1. The molecule has 2 N–H and O–H groups in total. The van der Waals surface area contributed by atoms with Crippen LogP contribution in [0.5, 0.6) is 0 Å². The van der Waals surface area contributed by atoms with Gasteiger partial charge in [-0.05, 0) is 12.8 Å². The Morgan fingerprint density at radius 2 is 2.44 bits per heavy atom. The van der Waals surface area contributed by atoms with Gasteiger partial charge in [0.1, 0.15) is 6.04 Å². The molecule has 0 aromatic carbocycles. The van der Waals surface area contributed by atoms with E-state index in [1.807, 2.05) is 0 Å². The van der Waals surface area contributed by atoms with E-state index in [0.717, 1.165) is 6.42 Å². The van der Waals surface area contributed by atoms with Gasteiger partial charge in [-0.2, -0.15) is 0 Å². The normalized spacial score (nSPS) is 19.8. The Bertz CT molecular complexity index is 393. The third-order valence-electron chi connectivity index (χ3n) is 2.44. The number of rotatable bonds is 2. The minimum absolute atomic E-state index is 0.389. The van der Waals surface area contributed by atoms with E-state index < -0.39 is 12.0 Å². The standard InChI is InChI=1S/C9H11N3O3S/c13-7(14)6-2-1-4-12(6)9(15)11-8-10-3-5-16-8/h3,5-6H,1-2,4H2,(H,13,14)(H,10,11,15)/t6-/m0/s1. The molecule has 0 unspecified atom stereocenters. The van der Waals surface area contributed by atoms with Crippen molar-refractivity contribution in [2.45, 2.75) is 18.9 Å². The first-order valence-corrected chi connectivity index (χ1v) is 5.76. The molecule has 2 rings (SSSR count). The van der Waals surface area contributed by atoms with E-state index in [1.54, 1.807) is 11.6 Å². The molecule has 86 valence electrons. The number of urea groups is 1. The molecule has 0 spiro atoms. The van der Waals surface area contributed by atoms with Crippen LogP contribution in [0.2, 0.25) is 0 Å². The highest BCUT2D eigenvalue weighted by Crippen LogP contribution is 2.19. The number of carbonyl (C=O) groups excluding carboxylic acids is 1. The smallest absolute Gasteiger partial charge is 0.326 e. The van der Waals surface area contributed by atoms with Crippen LogP contribution in [0.3, 0.4) is 0 Å². The van der Waals surface area contributed by atoms with Gasteiger partial charge in [0, 0.05) is 18.1 Å². The number of likely N-dealkylation sites (tertiary alicyclic amines) is 1. The lowest BCUT2D eigenvalue weighted by molar-refractivity contribution is -0.141. The highest BCUT2D eigenvalue weighted by molar-refractivity contribution is 7.13. The number of carboxylic acids is 1. The molecule has 7 heteroatoms. The number of aromatic nitrogens is 1. The first-order valence-electron chi connectivity index (χ1n) is 4.88. The number of carbonyl (C=O) groups is 2. The van der Waals surface area contributed by atoms with Gasteiger partial charge in [-0.15, -0.1) is 11.3 Å². The van der Waals surface area contributed by atoms with Gasteiger partial charge in [-0.3, -0.25) is 5.32 Å². The molecule has 1 saturated heterocycles. The summed E-state index contributed by atoms with van der Waals surface area (Å²) in [4.78, 5) is 27.9. The van der Waals surface area contributed by atoms with Gasteiger partial charge < -0.3 is 10.0 Å². The van der Waals surface area contributed by atoms with E-state index in [-0.39, 0.29) is 6.03 Å². The van der Waals surface area contributed by atoms with Gasteiger partial charge in [0.05, 0.1) is 0 Å². The van der Waals surface area contributed by atoms with E-state index in [1.165, 1.54) is 16.2 Å². The van der Waals surface area contributed by atoms with Crippen LogP contribution in [0.1, 0.15) is 12.8 Å². The summed E-state index contributed by atoms with van der Waals surface area (Å²) in [6, 6.07) is -1.10. The van der Waals surface area contributed by atoms with E-state index in [2.05, 4.69) is 10.3 Å². The summed E-state index contributed by atoms with van der Waals surface area (Å²) < 4.78 is 0. The molecule has 1 atom stereocenters. The first-order chi connectivity index (χ1) is 7.68. The quantitative estimate of drug-likeness (QED) is 0.815. The summed E-state index contributed by atoms with van der Waals surface area (Å²) in [7, 11) is 0. The maximum absolute atomic E-state index is 11.7. The van der Waals surface area contributed by atoms with Gasteiger partial charge in [0.15, 0.2) is 5.13 Å². The Morgan fingerprint density at radius 1 is 1.62 bits per heavy atom. The van der Waals surface area contributed by atoms with Crippen LogP contribution >= 0.6 is 11.3 Å². The van der Waals surface area contributed by atoms with Gasteiger partial charge >= 0.3 is 12.0 Å². The minimum atomic E-state index is -0.952. The fraction of sp³-hybridized carbons (Fsp3) is 0.444. The molecule has 16 heavy (non-hydrogen) atoms. The fourth-order valence-corrected chi connectivity index (χ4v) is 2.23. The summed E-state index contributed by atoms with van der Waals surface area (Å²) in [5.41, 5.74) is 0. The van der Waals surface area contributed by atoms with Gasteiger partial charge in [-0.25, -0.2) is 14.6 Å². The molecule has 0 saturated carbocycles. The third-order valence-corrected chi connectivity index (χ3v) is 3.13. The van der Waals surface area contributed by atoms with E-state index in [4.69, 9.17) is 5.11 Å². The van der Waals surface area contributed by atoms with E-state index in [0.29, 0.717) is 18.1 Å². The van der Waals surface area contributed by atoms with Crippen molar-refractivity contribution in [3.63, 3.8) is 0 Å².